The largest absolute Gasteiger partial charge is 0.487 e. The van der Waals surface area contributed by atoms with Crippen LogP contribution in [0.5, 0.6) is 5.75 Å². The van der Waals surface area contributed by atoms with E-state index in [-0.39, 0.29) is 30.3 Å². The molecule has 10 heteroatoms. The molecule has 0 radical (unpaired) electrons. The second-order valence-electron chi connectivity index (χ2n) is 11.1. The summed E-state index contributed by atoms with van der Waals surface area (Å²) in [5, 5.41) is 0.981. The van der Waals surface area contributed by atoms with Crippen molar-refractivity contribution >= 4 is 17.1 Å². The Morgan fingerprint density at radius 3 is 2.69 bits per heavy atom. The average molecular weight is 532 g/mol. The zero-order valence-electron chi connectivity index (χ0n) is 22.3. The first-order valence-electron chi connectivity index (χ1n) is 13.0. The lowest BCUT2D eigenvalue weighted by molar-refractivity contribution is 0.0124. The highest BCUT2D eigenvalue weighted by atomic mass is 19.1. The highest BCUT2D eigenvalue weighted by molar-refractivity contribution is 5.85. The fourth-order valence-corrected chi connectivity index (χ4v) is 5.69. The zero-order chi connectivity index (χ0) is 27.5. The van der Waals surface area contributed by atoms with Crippen molar-refractivity contribution in [2.45, 2.75) is 64.3 Å². The van der Waals surface area contributed by atoms with Crippen molar-refractivity contribution in [1.82, 2.24) is 24.0 Å². The summed E-state index contributed by atoms with van der Waals surface area (Å²) in [5.41, 5.74) is 2.77. The highest BCUT2D eigenvalue weighted by Crippen LogP contribution is 2.47. The van der Waals surface area contributed by atoms with E-state index in [2.05, 4.69) is 9.55 Å². The Bertz CT molecular complexity index is 1640. The van der Waals surface area contributed by atoms with Crippen LogP contribution in [-0.2, 0) is 24.8 Å². The molecule has 202 valence electrons. The summed E-state index contributed by atoms with van der Waals surface area (Å²) >= 11 is 0. The van der Waals surface area contributed by atoms with Gasteiger partial charge in [-0.25, -0.2) is 14.2 Å². The normalized spacial score (nSPS) is 18.3. The van der Waals surface area contributed by atoms with Crippen molar-refractivity contribution in [3.8, 4) is 11.6 Å². The van der Waals surface area contributed by atoms with E-state index in [4.69, 9.17) is 14.5 Å². The Kier molecular flexibility index (Phi) is 5.93. The van der Waals surface area contributed by atoms with E-state index in [1.54, 1.807) is 12.3 Å². The van der Waals surface area contributed by atoms with Crippen molar-refractivity contribution in [2.75, 3.05) is 0 Å². The minimum absolute atomic E-state index is 0.0558. The van der Waals surface area contributed by atoms with Crippen LogP contribution in [0.4, 0.5) is 9.18 Å². The number of hydrogen-bond acceptors (Lipinski definition) is 6. The topological polar surface area (TPSA) is 91.5 Å². The second-order valence-corrected chi connectivity index (χ2v) is 11.1. The number of rotatable bonds is 4. The number of nitrogens with zero attached hydrogens (tertiary/aromatic N) is 5. The molecule has 9 nitrogen and oxygen atoms in total. The van der Waals surface area contributed by atoms with Gasteiger partial charge >= 0.3 is 6.09 Å². The van der Waals surface area contributed by atoms with Gasteiger partial charge in [0.05, 0.1) is 17.9 Å². The van der Waals surface area contributed by atoms with Gasteiger partial charge < -0.3 is 14.0 Å². The molecule has 6 heterocycles. The average Bonchev–Trinajstić information content (AvgIpc) is 3.35. The van der Waals surface area contributed by atoms with Crippen LogP contribution in [0.15, 0.2) is 53.6 Å². The molecule has 2 aliphatic heterocycles. The Morgan fingerprint density at radius 2 is 1.97 bits per heavy atom. The highest BCUT2D eigenvalue weighted by Gasteiger charge is 2.46. The lowest BCUT2D eigenvalue weighted by Crippen LogP contribution is -2.44. The van der Waals surface area contributed by atoms with Crippen LogP contribution in [0, 0.1) is 5.82 Å². The molecule has 0 aromatic carbocycles. The van der Waals surface area contributed by atoms with Gasteiger partial charge in [0.2, 0.25) is 0 Å². The number of carbonyl (C=O) groups excluding carboxylic acids is 1. The lowest BCUT2D eigenvalue weighted by Gasteiger charge is -2.36. The molecular weight excluding hydrogens is 501 g/mol. The molecule has 0 saturated carbocycles. The number of ether oxygens (including phenoxy) is 2. The molecule has 1 fully saturated rings. The van der Waals surface area contributed by atoms with Crippen LogP contribution in [-0.4, -0.2) is 41.7 Å². The minimum Gasteiger partial charge on any atom is -0.487 e. The molecule has 2 unspecified atom stereocenters. The number of aromatic nitrogens is 4. The maximum Gasteiger partial charge on any atom is 0.411 e. The molecule has 0 N–H and O–H groups in total. The molecule has 0 aliphatic carbocycles. The maximum atomic E-state index is 13.1. The zero-order valence-corrected chi connectivity index (χ0v) is 22.3. The summed E-state index contributed by atoms with van der Waals surface area (Å²) in [6.07, 6.45) is 5.03. The van der Waals surface area contributed by atoms with Gasteiger partial charge in [0.15, 0.2) is 0 Å². The lowest BCUT2D eigenvalue weighted by atomic mass is 9.98. The third kappa shape index (κ3) is 4.53. The van der Waals surface area contributed by atoms with Gasteiger partial charge in [0.1, 0.15) is 35.2 Å². The fourth-order valence-electron chi connectivity index (χ4n) is 5.69. The quantitative estimate of drug-likeness (QED) is 0.375. The fraction of sp³-hybridized carbons (Fsp3) is 0.379. The standard InChI is InChI=1S/C29H30FN5O4/c1-29(2,3)39-28(37)35-19-7-9-22(35)26-21-8-10-24(32-27(21)33(4)23(26)13-19)34-12-11-20(14-25(34)36)38-16-18-6-5-17(30)15-31-18/h5-6,8,10-12,14-15,19,22H,7,9,13,16H2,1-4H3. The van der Waals surface area contributed by atoms with Gasteiger partial charge in [-0.05, 0) is 63.9 Å². The Balaban J connectivity index is 1.29. The molecule has 2 atom stereocenters. The molecule has 4 aromatic rings. The summed E-state index contributed by atoms with van der Waals surface area (Å²) in [5.74, 6) is 0.458. The molecule has 39 heavy (non-hydrogen) atoms. The molecule has 1 amide bonds. The van der Waals surface area contributed by atoms with E-state index in [1.165, 1.54) is 28.5 Å². The number of halogens is 1. The van der Waals surface area contributed by atoms with Crippen molar-refractivity contribution in [3.63, 3.8) is 0 Å². The molecular formula is C29H30FN5O4. The van der Waals surface area contributed by atoms with E-state index >= 15 is 0 Å². The van der Waals surface area contributed by atoms with Gasteiger partial charge in [-0.15, -0.1) is 0 Å². The predicted octanol–water partition coefficient (Wildman–Crippen LogP) is 4.83. The molecule has 2 aliphatic rings. The van der Waals surface area contributed by atoms with Crippen LogP contribution in [0.2, 0.25) is 0 Å². The summed E-state index contributed by atoms with van der Waals surface area (Å²) < 4.78 is 28.0. The van der Waals surface area contributed by atoms with Gasteiger partial charge in [-0.3, -0.25) is 19.2 Å². The summed E-state index contributed by atoms with van der Waals surface area (Å²) in [6.45, 7) is 5.77. The second kappa shape index (κ2) is 9.21. The smallest absolute Gasteiger partial charge is 0.411 e. The monoisotopic (exact) mass is 531 g/mol. The van der Waals surface area contributed by atoms with Crippen molar-refractivity contribution in [1.29, 1.82) is 0 Å². The van der Waals surface area contributed by atoms with Gasteiger partial charge in [0, 0.05) is 48.4 Å². The number of carbonyl (C=O) groups is 1. The molecule has 6 rings (SSSR count). The Labute approximate surface area is 224 Å². The van der Waals surface area contributed by atoms with Crippen LogP contribution in [0.1, 0.15) is 56.6 Å². The van der Waals surface area contributed by atoms with Gasteiger partial charge in [-0.1, -0.05) is 0 Å². The number of pyridine rings is 3. The Hall–Kier alpha value is -4.21. The summed E-state index contributed by atoms with van der Waals surface area (Å²) in [7, 11) is 1.99. The van der Waals surface area contributed by atoms with Crippen LogP contribution >= 0.6 is 0 Å². The first-order chi connectivity index (χ1) is 18.6. The maximum absolute atomic E-state index is 13.1. The van der Waals surface area contributed by atoms with Gasteiger partial charge in [-0.2, -0.15) is 0 Å². The van der Waals surface area contributed by atoms with Crippen molar-refractivity contribution < 1.29 is 18.7 Å². The number of amides is 1. The summed E-state index contributed by atoms with van der Waals surface area (Å²) in [6, 6.07) is 9.78. The number of hydrogen-bond donors (Lipinski definition) is 0. The Morgan fingerprint density at radius 1 is 1.15 bits per heavy atom. The summed E-state index contributed by atoms with van der Waals surface area (Å²) in [4.78, 5) is 36.8. The third-order valence-corrected chi connectivity index (χ3v) is 7.37. The molecule has 4 aromatic heterocycles. The van der Waals surface area contributed by atoms with Crippen LogP contribution in [0.3, 0.4) is 0 Å². The van der Waals surface area contributed by atoms with E-state index in [0.29, 0.717) is 17.3 Å². The molecule has 2 bridgehead atoms. The molecule has 0 spiro atoms. The predicted molar refractivity (Wildman–Crippen MR) is 142 cm³/mol. The van der Waals surface area contributed by atoms with Crippen molar-refractivity contribution in [2.24, 2.45) is 7.05 Å². The number of fused-ring (bicyclic) bond motifs is 6. The van der Waals surface area contributed by atoms with E-state index in [9.17, 15) is 14.0 Å². The van der Waals surface area contributed by atoms with E-state index < -0.39 is 11.4 Å². The van der Waals surface area contributed by atoms with Gasteiger partial charge in [0.25, 0.3) is 5.56 Å². The minimum atomic E-state index is -0.558. The first-order valence-corrected chi connectivity index (χ1v) is 13.0. The SMILES string of the molecule is Cn1c2c(c3ccc(-n4ccc(OCc5ccc(F)cn5)cc4=O)nc31)C1CCC(C2)N1C(=O)OC(C)(C)C. The molecule has 1 saturated heterocycles. The van der Waals surface area contributed by atoms with E-state index in [0.717, 1.165) is 42.1 Å². The van der Waals surface area contributed by atoms with E-state index in [1.807, 2.05) is 44.9 Å². The van der Waals surface area contributed by atoms with Crippen LogP contribution in [0.25, 0.3) is 16.9 Å². The third-order valence-electron chi connectivity index (χ3n) is 7.37. The van der Waals surface area contributed by atoms with Crippen molar-refractivity contribution in [3.05, 3.63) is 81.9 Å². The number of aryl methyl sites for hydroxylation is 1. The van der Waals surface area contributed by atoms with Crippen LogP contribution < -0.4 is 10.3 Å². The first kappa shape index (κ1) is 25.1.